The molecule has 0 saturated carbocycles. The van der Waals surface area contributed by atoms with E-state index in [1.165, 1.54) is 0 Å². The summed E-state index contributed by atoms with van der Waals surface area (Å²) in [4.78, 5) is 0. The van der Waals surface area contributed by atoms with Crippen LogP contribution < -0.4 is 14.8 Å². The maximum atomic E-state index is 5.26. The highest BCUT2D eigenvalue weighted by Gasteiger charge is 2.12. The first-order valence-electron chi connectivity index (χ1n) is 4.93. The summed E-state index contributed by atoms with van der Waals surface area (Å²) in [7, 11) is 1.92. The highest BCUT2D eigenvalue weighted by molar-refractivity contribution is 5.49. The van der Waals surface area contributed by atoms with E-state index in [1.807, 2.05) is 25.2 Å². The lowest BCUT2D eigenvalue weighted by molar-refractivity contribution is 0.174. The molecule has 0 radical (unpaired) electrons. The van der Waals surface area contributed by atoms with Gasteiger partial charge in [0.05, 0.1) is 0 Å². The number of nitrogens with one attached hydrogen (secondary N) is 1. The zero-order valence-corrected chi connectivity index (χ0v) is 8.67. The van der Waals surface area contributed by atoms with Crippen molar-refractivity contribution in [3.63, 3.8) is 0 Å². The van der Waals surface area contributed by atoms with Gasteiger partial charge in [-0.3, -0.25) is 0 Å². The Morgan fingerprint density at radius 2 is 2.20 bits per heavy atom. The van der Waals surface area contributed by atoms with Crippen LogP contribution in [0.5, 0.6) is 11.5 Å². The van der Waals surface area contributed by atoms with Gasteiger partial charge in [0.1, 0.15) is 0 Å². The third-order valence-electron chi connectivity index (χ3n) is 2.11. The molecule has 1 heterocycles. The van der Waals surface area contributed by atoms with Crippen molar-refractivity contribution in [1.29, 1.82) is 0 Å². The predicted molar refractivity (Wildman–Crippen MR) is 58.0 cm³/mol. The lowest BCUT2D eigenvalue weighted by atomic mass is 10.2. The molecule has 78 valence electrons. The number of rotatable bonds is 2. The van der Waals surface area contributed by atoms with Crippen molar-refractivity contribution in [2.75, 3.05) is 20.4 Å². The average molecular weight is 203 g/mol. The molecule has 15 heavy (non-hydrogen) atoms. The Morgan fingerprint density at radius 3 is 3.07 bits per heavy atom. The topological polar surface area (TPSA) is 30.5 Å². The molecule has 3 nitrogen and oxygen atoms in total. The third kappa shape index (κ3) is 2.42. The van der Waals surface area contributed by atoms with E-state index in [4.69, 9.17) is 9.47 Å². The van der Waals surface area contributed by atoms with Crippen molar-refractivity contribution >= 4 is 0 Å². The summed E-state index contributed by atoms with van der Waals surface area (Å²) >= 11 is 0. The van der Waals surface area contributed by atoms with E-state index < -0.39 is 0 Å². The van der Waals surface area contributed by atoms with Gasteiger partial charge in [-0.05, 0) is 25.2 Å². The summed E-state index contributed by atoms with van der Waals surface area (Å²) in [5.74, 6) is 7.76. The maximum Gasteiger partial charge on any atom is 0.231 e. The average Bonchev–Trinajstić information content (AvgIpc) is 2.71. The van der Waals surface area contributed by atoms with Gasteiger partial charge in [0.25, 0.3) is 0 Å². The molecule has 1 aliphatic heterocycles. The van der Waals surface area contributed by atoms with Crippen molar-refractivity contribution < 1.29 is 9.47 Å². The number of ether oxygens (including phenoxy) is 2. The van der Waals surface area contributed by atoms with E-state index >= 15 is 0 Å². The summed E-state index contributed by atoms with van der Waals surface area (Å²) < 4.78 is 10.5. The van der Waals surface area contributed by atoms with Crippen LogP contribution in [0.3, 0.4) is 0 Å². The quantitative estimate of drug-likeness (QED) is 0.582. The lowest BCUT2D eigenvalue weighted by Crippen LogP contribution is -2.05. The first kappa shape index (κ1) is 9.88. The van der Waals surface area contributed by atoms with Crippen molar-refractivity contribution in [1.82, 2.24) is 5.32 Å². The molecule has 0 unspecified atom stereocenters. The maximum absolute atomic E-state index is 5.26. The van der Waals surface area contributed by atoms with E-state index in [0.717, 1.165) is 30.0 Å². The Hall–Kier alpha value is -1.66. The van der Waals surface area contributed by atoms with Crippen molar-refractivity contribution in [3.05, 3.63) is 23.8 Å². The number of benzene rings is 1. The number of hydrogen-bond donors (Lipinski definition) is 1. The summed E-state index contributed by atoms with van der Waals surface area (Å²) in [5.41, 5.74) is 0.968. The Morgan fingerprint density at radius 1 is 1.33 bits per heavy atom. The third-order valence-corrected chi connectivity index (χ3v) is 2.11. The molecule has 1 aromatic rings. The molecule has 0 spiro atoms. The molecule has 0 saturated heterocycles. The van der Waals surface area contributed by atoms with Crippen LogP contribution in [0.15, 0.2) is 18.2 Å². The standard InChI is InChI=1S/C12H13NO2/c1-13-7-3-2-4-10-5-6-11-12(8-10)15-9-14-11/h5-6,8,13H,3,7,9H2,1H3. The molecule has 3 heteroatoms. The highest BCUT2D eigenvalue weighted by atomic mass is 16.7. The van der Waals surface area contributed by atoms with Crippen LogP contribution in [0.4, 0.5) is 0 Å². The van der Waals surface area contributed by atoms with Crippen LogP contribution in [0.25, 0.3) is 0 Å². The molecule has 0 atom stereocenters. The van der Waals surface area contributed by atoms with Crippen molar-refractivity contribution in [3.8, 4) is 23.3 Å². The number of hydrogen-bond acceptors (Lipinski definition) is 3. The molecule has 1 aromatic carbocycles. The molecular formula is C12H13NO2. The Bertz CT molecular complexity index is 404. The minimum Gasteiger partial charge on any atom is -0.454 e. The second-order valence-corrected chi connectivity index (χ2v) is 3.22. The van der Waals surface area contributed by atoms with E-state index in [-0.39, 0.29) is 0 Å². The van der Waals surface area contributed by atoms with Crippen LogP contribution >= 0.6 is 0 Å². The first-order valence-corrected chi connectivity index (χ1v) is 4.93. The van der Waals surface area contributed by atoms with E-state index in [2.05, 4.69) is 17.2 Å². The molecule has 2 rings (SSSR count). The van der Waals surface area contributed by atoms with E-state index in [0.29, 0.717) is 6.79 Å². The molecular weight excluding hydrogens is 190 g/mol. The number of fused-ring (bicyclic) bond motifs is 1. The monoisotopic (exact) mass is 203 g/mol. The lowest BCUT2D eigenvalue weighted by Gasteiger charge is -1.95. The Balaban J connectivity index is 2.05. The predicted octanol–water partition coefficient (Wildman–Crippen LogP) is 1.38. The van der Waals surface area contributed by atoms with Gasteiger partial charge in [-0.2, -0.15) is 0 Å². The molecule has 0 aliphatic carbocycles. The van der Waals surface area contributed by atoms with Gasteiger partial charge in [-0.25, -0.2) is 0 Å². The van der Waals surface area contributed by atoms with Gasteiger partial charge in [-0.1, -0.05) is 11.8 Å². The summed E-state index contributed by atoms with van der Waals surface area (Å²) in [6.07, 6.45) is 0.852. The van der Waals surface area contributed by atoms with Crippen LogP contribution in [0.2, 0.25) is 0 Å². The summed E-state index contributed by atoms with van der Waals surface area (Å²) in [5, 5.41) is 3.05. The second-order valence-electron chi connectivity index (χ2n) is 3.22. The SMILES string of the molecule is CNCCC#Cc1ccc2c(c1)OCO2. The summed E-state index contributed by atoms with van der Waals surface area (Å²) in [6.45, 7) is 1.23. The zero-order valence-electron chi connectivity index (χ0n) is 8.67. The second kappa shape index (κ2) is 4.72. The Kier molecular flexibility index (Phi) is 3.11. The minimum atomic E-state index is 0.311. The van der Waals surface area contributed by atoms with Gasteiger partial charge < -0.3 is 14.8 Å². The fraction of sp³-hybridized carbons (Fsp3) is 0.333. The van der Waals surface area contributed by atoms with Gasteiger partial charge >= 0.3 is 0 Å². The molecule has 1 aliphatic rings. The minimum absolute atomic E-state index is 0.311. The largest absolute Gasteiger partial charge is 0.454 e. The van der Waals surface area contributed by atoms with Crippen LogP contribution in [0, 0.1) is 11.8 Å². The van der Waals surface area contributed by atoms with Gasteiger partial charge in [-0.15, -0.1) is 0 Å². The molecule has 0 bridgehead atoms. The molecule has 1 N–H and O–H groups in total. The van der Waals surface area contributed by atoms with Crippen molar-refractivity contribution in [2.24, 2.45) is 0 Å². The normalized spacial score (nSPS) is 12.1. The fourth-order valence-electron chi connectivity index (χ4n) is 1.33. The van der Waals surface area contributed by atoms with Gasteiger partial charge in [0.15, 0.2) is 11.5 Å². The molecule has 0 amide bonds. The highest BCUT2D eigenvalue weighted by Crippen LogP contribution is 2.32. The molecule has 0 aromatic heterocycles. The van der Waals surface area contributed by atoms with E-state index in [9.17, 15) is 0 Å². The van der Waals surface area contributed by atoms with Gasteiger partial charge in [0.2, 0.25) is 6.79 Å². The first-order chi connectivity index (χ1) is 7.40. The Labute approximate surface area is 89.4 Å². The smallest absolute Gasteiger partial charge is 0.231 e. The van der Waals surface area contributed by atoms with E-state index in [1.54, 1.807) is 0 Å². The van der Waals surface area contributed by atoms with Crippen LogP contribution in [-0.4, -0.2) is 20.4 Å². The van der Waals surface area contributed by atoms with Crippen LogP contribution in [-0.2, 0) is 0 Å². The van der Waals surface area contributed by atoms with Crippen molar-refractivity contribution in [2.45, 2.75) is 6.42 Å². The molecule has 0 fully saturated rings. The van der Waals surface area contributed by atoms with Crippen LogP contribution in [0.1, 0.15) is 12.0 Å². The fourth-order valence-corrected chi connectivity index (χ4v) is 1.33. The summed E-state index contributed by atoms with van der Waals surface area (Å²) in [6, 6.07) is 5.75. The van der Waals surface area contributed by atoms with Gasteiger partial charge in [0, 0.05) is 18.5 Å². The zero-order chi connectivity index (χ0) is 10.5.